The van der Waals surface area contributed by atoms with Crippen LogP contribution in [0.3, 0.4) is 0 Å². The van der Waals surface area contributed by atoms with Gasteiger partial charge in [-0.25, -0.2) is 0 Å². The number of carbonyl (C=O) groups is 3. The monoisotopic (exact) mass is 493 g/mol. The van der Waals surface area contributed by atoms with Crippen LogP contribution >= 0.6 is 0 Å². The van der Waals surface area contributed by atoms with Gasteiger partial charge in [0, 0.05) is 37.3 Å². The molecule has 0 saturated carbocycles. The van der Waals surface area contributed by atoms with Crippen LogP contribution in [0, 0.1) is 12.8 Å². The number of hydrogen-bond donors (Lipinski definition) is 1. The van der Waals surface area contributed by atoms with Gasteiger partial charge in [0.2, 0.25) is 12.7 Å². The van der Waals surface area contributed by atoms with Gasteiger partial charge in [-0.1, -0.05) is 17.7 Å². The zero-order valence-electron chi connectivity index (χ0n) is 20.4. The fraction of sp³-hybridized carbons (Fsp3) is 0.444. The first kappa shape index (κ1) is 24.1. The van der Waals surface area contributed by atoms with Gasteiger partial charge in [-0.15, -0.1) is 0 Å². The minimum absolute atomic E-state index is 0.0742. The molecule has 9 heteroatoms. The summed E-state index contributed by atoms with van der Waals surface area (Å²) in [5.74, 6) is 0.718. The molecule has 2 aromatic rings. The standard InChI is InChI=1S/C27H31N3O6/c1-18-3-2-4-20(15-18)25(31)28-24(27(33)30-11-13-34-14-12-30)19-7-9-29(10-8-19)26(32)21-5-6-22-23(16-21)36-17-35-22/h2-6,15-16,19,24H,7-14,17H2,1H3,(H,28,31). The average Bonchev–Trinajstić information content (AvgIpc) is 3.39. The number of morpholine rings is 1. The molecular formula is C27H31N3O6. The van der Waals surface area contributed by atoms with Crippen LogP contribution in [0.4, 0.5) is 0 Å². The molecule has 190 valence electrons. The topological polar surface area (TPSA) is 97.4 Å². The first-order valence-electron chi connectivity index (χ1n) is 12.4. The zero-order chi connectivity index (χ0) is 25.1. The molecule has 0 radical (unpaired) electrons. The van der Waals surface area contributed by atoms with Crippen molar-refractivity contribution >= 4 is 17.7 Å². The van der Waals surface area contributed by atoms with Crippen LogP contribution in [0.5, 0.6) is 11.5 Å². The van der Waals surface area contributed by atoms with Crippen LogP contribution in [-0.2, 0) is 9.53 Å². The number of carbonyl (C=O) groups excluding carboxylic acids is 3. The third-order valence-electron chi connectivity index (χ3n) is 7.07. The summed E-state index contributed by atoms with van der Waals surface area (Å²) in [6.07, 6.45) is 1.23. The van der Waals surface area contributed by atoms with Crippen molar-refractivity contribution < 1.29 is 28.6 Å². The van der Waals surface area contributed by atoms with E-state index in [9.17, 15) is 14.4 Å². The molecular weight excluding hydrogens is 462 g/mol. The number of amides is 3. The number of benzene rings is 2. The Hall–Kier alpha value is -3.59. The predicted molar refractivity (Wildman–Crippen MR) is 131 cm³/mol. The third-order valence-corrected chi connectivity index (χ3v) is 7.07. The summed E-state index contributed by atoms with van der Waals surface area (Å²) in [4.78, 5) is 43.3. The number of nitrogens with zero attached hydrogens (tertiary/aromatic N) is 2. The number of rotatable bonds is 5. The summed E-state index contributed by atoms with van der Waals surface area (Å²) in [6, 6.07) is 11.9. The summed E-state index contributed by atoms with van der Waals surface area (Å²) in [5.41, 5.74) is 2.06. The summed E-state index contributed by atoms with van der Waals surface area (Å²) in [7, 11) is 0. The van der Waals surface area contributed by atoms with Gasteiger partial charge in [0.25, 0.3) is 11.8 Å². The van der Waals surface area contributed by atoms with E-state index in [2.05, 4.69) is 5.32 Å². The fourth-order valence-corrected chi connectivity index (χ4v) is 5.02. The number of fused-ring (bicyclic) bond motifs is 1. The molecule has 0 bridgehead atoms. The molecule has 2 aromatic carbocycles. The molecule has 0 spiro atoms. The van der Waals surface area contributed by atoms with Gasteiger partial charge < -0.3 is 29.3 Å². The number of hydrogen-bond acceptors (Lipinski definition) is 6. The van der Waals surface area contributed by atoms with E-state index in [0.29, 0.717) is 74.9 Å². The summed E-state index contributed by atoms with van der Waals surface area (Å²) < 4.78 is 16.1. The maximum absolute atomic E-state index is 13.5. The lowest BCUT2D eigenvalue weighted by molar-refractivity contribution is -0.139. The largest absolute Gasteiger partial charge is 0.454 e. The molecule has 0 aromatic heterocycles. The lowest BCUT2D eigenvalue weighted by Gasteiger charge is -2.38. The van der Waals surface area contributed by atoms with Crippen LogP contribution in [0.25, 0.3) is 0 Å². The minimum Gasteiger partial charge on any atom is -0.454 e. The molecule has 5 rings (SSSR count). The molecule has 1 unspecified atom stereocenters. The second-order valence-corrected chi connectivity index (χ2v) is 9.46. The minimum atomic E-state index is -0.654. The second kappa shape index (κ2) is 10.6. The molecule has 9 nitrogen and oxygen atoms in total. The summed E-state index contributed by atoms with van der Waals surface area (Å²) in [5, 5.41) is 3.03. The highest BCUT2D eigenvalue weighted by atomic mass is 16.7. The van der Waals surface area contributed by atoms with Crippen molar-refractivity contribution in [3.8, 4) is 11.5 Å². The first-order valence-corrected chi connectivity index (χ1v) is 12.4. The maximum Gasteiger partial charge on any atom is 0.253 e. The lowest BCUT2D eigenvalue weighted by atomic mass is 9.87. The Kier molecular flexibility index (Phi) is 7.09. The Labute approximate surface area is 210 Å². The highest BCUT2D eigenvalue weighted by Crippen LogP contribution is 2.33. The Morgan fingerprint density at radius 3 is 2.39 bits per heavy atom. The molecule has 2 fully saturated rings. The van der Waals surface area contributed by atoms with Gasteiger partial charge in [-0.05, 0) is 56.0 Å². The van der Waals surface area contributed by atoms with Crippen LogP contribution in [-0.4, -0.2) is 79.7 Å². The molecule has 3 aliphatic heterocycles. The Bertz CT molecular complexity index is 1140. The van der Waals surface area contributed by atoms with E-state index >= 15 is 0 Å². The molecule has 1 atom stereocenters. The second-order valence-electron chi connectivity index (χ2n) is 9.46. The van der Waals surface area contributed by atoms with Crippen molar-refractivity contribution in [1.82, 2.24) is 15.1 Å². The first-order chi connectivity index (χ1) is 17.5. The Balaban J connectivity index is 1.28. The SMILES string of the molecule is Cc1cccc(C(=O)NC(C(=O)N2CCOCC2)C2CCN(C(=O)c3ccc4c(c3)OCO4)CC2)c1. The molecule has 3 amide bonds. The van der Waals surface area contributed by atoms with Crippen molar-refractivity contribution in [1.29, 1.82) is 0 Å². The van der Waals surface area contributed by atoms with E-state index in [1.54, 1.807) is 34.1 Å². The van der Waals surface area contributed by atoms with Crippen molar-refractivity contribution in [2.75, 3.05) is 46.2 Å². The van der Waals surface area contributed by atoms with Gasteiger partial charge in [0.15, 0.2) is 11.5 Å². The van der Waals surface area contributed by atoms with E-state index in [1.807, 2.05) is 25.1 Å². The van der Waals surface area contributed by atoms with Crippen molar-refractivity contribution in [2.45, 2.75) is 25.8 Å². The average molecular weight is 494 g/mol. The number of aryl methyl sites for hydroxylation is 1. The van der Waals surface area contributed by atoms with E-state index < -0.39 is 6.04 Å². The third kappa shape index (κ3) is 5.16. The van der Waals surface area contributed by atoms with Gasteiger partial charge in [-0.2, -0.15) is 0 Å². The van der Waals surface area contributed by atoms with Gasteiger partial charge in [0.05, 0.1) is 13.2 Å². The molecule has 2 saturated heterocycles. The molecule has 36 heavy (non-hydrogen) atoms. The highest BCUT2D eigenvalue weighted by Gasteiger charge is 2.37. The van der Waals surface area contributed by atoms with Crippen LogP contribution in [0.15, 0.2) is 42.5 Å². The van der Waals surface area contributed by atoms with E-state index in [-0.39, 0.29) is 30.4 Å². The fourth-order valence-electron chi connectivity index (χ4n) is 5.02. The van der Waals surface area contributed by atoms with Gasteiger partial charge >= 0.3 is 0 Å². The zero-order valence-corrected chi connectivity index (χ0v) is 20.4. The quantitative estimate of drug-likeness (QED) is 0.686. The molecule has 1 N–H and O–H groups in total. The number of piperidine rings is 1. The van der Waals surface area contributed by atoms with Crippen LogP contribution in [0.1, 0.15) is 39.1 Å². The predicted octanol–water partition coefficient (Wildman–Crippen LogP) is 2.23. The van der Waals surface area contributed by atoms with Crippen molar-refractivity contribution in [3.05, 3.63) is 59.2 Å². The van der Waals surface area contributed by atoms with Crippen molar-refractivity contribution in [3.63, 3.8) is 0 Å². The van der Waals surface area contributed by atoms with E-state index in [1.165, 1.54) is 0 Å². The maximum atomic E-state index is 13.5. The van der Waals surface area contributed by atoms with Crippen LogP contribution in [0.2, 0.25) is 0 Å². The summed E-state index contributed by atoms with van der Waals surface area (Å²) >= 11 is 0. The van der Waals surface area contributed by atoms with Crippen molar-refractivity contribution in [2.24, 2.45) is 5.92 Å². The molecule has 3 aliphatic rings. The molecule has 0 aliphatic carbocycles. The normalized spacial score (nSPS) is 18.6. The van der Waals surface area contributed by atoms with Gasteiger partial charge in [0.1, 0.15) is 6.04 Å². The van der Waals surface area contributed by atoms with Crippen LogP contribution < -0.4 is 14.8 Å². The van der Waals surface area contributed by atoms with E-state index in [4.69, 9.17) is 14.2 Å². The molecule has 3 heterocycles. The number of likely N-dealkylation sites (tertiary alicyclic amines) is 1. The van der Waals surface area contributed by atoms with Gasteiger partial charge in [-0.3, -0.25) is 14.4 Å². The number of ether oxygens (including phenoxy) is 3. The van der Waals surface area contributed by atoms with E-state index in [0.717, 1.165) is 5.56 Å². The smallest absolute Gasteiger partial charge is 0.253 e. The Morgan fingerprint density at radius 1 is 0.889 bits per heavy atom. The summed E-state index contributed by atoms with van der Waals surface area (Å²) in [6.45, 7) is 5.11. The Morgan fingerprint density at radius 2 is 1.64 bits per heavy atom. The lowest BCUT2D eigenvalue weighted by Crippen LogP contribution is -2.56. The highest BCUT2D eigenvalue weighted by molar-refractivity contribution is 5.98. The number of nitrogens with one attached hydrogen (secondary N) is 1.